The average Bonchev–Trinajstić information content (AvgIpc) is 2.71. The van der Waals surface area contributed by atoms with Crippen molar-refractivity contribution in [3.05, 3.63) is 38.8 Å². The highest BCUT2D eigenvalue weighted by Gasteiger charge is 2.21. The zero-order chi connectivity index (χ0) is 14.0. The van der Waals surface area contributed by atoms with Crippen molar-refractivity contribution in [2.24, 2.45) is 0 Å². The zero-order valence-corrected chi connectivity index (χ0v) is 13.3. The second-order valence-electron chi connectivity index (χ2n) is 4.11. The highest BCUT2D eigenvalue weighted by atomic mass is 127. The zero-order valence-electron chi connectivity index (χ0n) is 10.3. The van der Waals surface area contributed by atoms with E-state index in [9.17, 15) is 9.18 Å². The molecule has 2 rings (SSSR count). The molecule has 0 radical (unpaired) electrons. The summed E-state index contributed by atoms with van der Waals surface area (Å²) in [5.41, 5.74) is 1.05. The van der Waals surface area contributed by atoms with Crippen LogP contribution in [0.1, 0.15) is 24.3 Å². The van der Waals surface area contributed by atoms with Gasteiger partial charge in [0.15, 0.2) is 8.71 Å². The van der Waals surface area contributed by atoms with Crippen molar-refractivity contribution in [2.45, 2.75) is 20.0 Å². The molecule has 0 amide bonds. The Labute approximate surface area is 128 Å². The summed E-state index contributed by atoms with van der Waals surface area (Å²) < 4.78 is 18.8. The van der Waals surface area contributed by atoms with Crippen LogP contribution < -0.4 is 0 Å². The lowest BCUT2D eigenvalue weighted by atomic mass is 10.1. The molecule has 0 aliphatic heterocycles. The number of carbonyl (C=O) groups excluding carboxylic acids is 1. The Hall–Kier alpha value is -1.02. The van der Waals surface area contributed by atoms with Gasteiger partial charge in [-0.2, -0.15) is 0 Å². The van der Waals surface area contributed by atoms with Gasteiger partial charge in [-0.05, 0) is 54.1 Å². The molecule has 0 spiro atoms. The number of halogens is 2. The number of esters is 1. The average molecular weight is 391 g/mol. The molecule has 1 heterocycles. The smallest absolute Gasteiger partial charge is 0.358 e. The van der Waals surface area contributed by atoms with Crippen molar-refractivity contribution >= 4 is 39.9 Å². The van der Waals surface area contributed by atoms with Crippen LogP contribution >= 0.6 is 33.9 Å². The summed E-state index contributed by atoms with van der Waals surface area (Å²) in [6.45, 7) is 3.57. The molecule has 0 saturated heterocycles. The molecule has 100 valence electrons. The third-order valence-corrected chi connectivity index (χ3v) is 4.04. The Bertz CT molecular complexity index is 595. The van der Waals surface area contributed by atoms with Crippen LogP contribution in [0.25, 0.3) is 10.4 Å². The topological polar surface area (TPSA) is 39.2 Å². The number of benzene rings is 1. The third kappa shape index (κ3) is 3.50. The molecule has 0 aliphatic rings. The Kier molecular flexibility index (Phi) is 4.51. The fourth-order valence-electron chi connectivity index (χ4n) is 1.50. The van der Waals surface area contributed by atoms with Crippen LogP contribution in [-0.4, -0.2) is 17.1 Å². The van der Waals surface area contributed by atoms with E-state index >= 15 is 0 Å². The minimum atomic E-state index is -0.450. The molecule has 1 aromatic carbocycles. The molecule has 0 saturated carbocycles. The van der Waals surface area contributed by atoms with E-state index in [1.54, 1.807) is 26.0 Å². The number of ether oxygens (including phenoxy) is 1. The van der Waals surface area contributed by atoms with Crippen LogP contribution in [0, 0.1) is 8.83 Å². The van der Waals surface area contributed by atoms with E-state index in [0.29, 0.717) is 4.88 Å². The van der Waals surface area contributed by atoms with Gasteiger partial charge in [-0.15, -0.1) is 11.3 Å². The molecule has 19 heavy (non-hydrogen) atoms. The Balaban J connectivity index is 2.41. The first kappa shape index (κ1) is 14.4. The highest BCUT2D eigenvalue weighted by molar-refractivity contribution is 14.1. The number of thiazole rings is 1. The lowest BCUT2D eigenvalue weighted by Gasteiger charge is -2.07. The molecule has 0 atom stereocenters. The molecule has 0 bridgehead atoms. The van der Waals surface area contributed by atoms with E-state index in [1.807, 2.05) is 0 Å². The van der Waals surface area contributed by atoms with Crippen molar-refractivity contribution in [1.82, 2.24) is 4.98 Å². The summed E-state index contributed by atoms with van der Waals surface area (Å²) >= 11 is 3.43. The van der Waals surface area contributed by atoms with Crippen LogP contribution in [0.5, 0.6) is 0 Å². The van der Waals surface area contributed by atoms with Crippen LogP contribution in [0.15, 0.2) is 24.3 Å². The summed E-state index contributed by atoms with van der Waals surface area (Å²) in [4.78, 5) is 16.9. The molecule has 3 nitrogen and oxygen atoms in total. The number of carbonyl (C=O) groups is 1. The monoisotopic (exact) mass is 391 g/mol. The SMILES string of the molecule is CC(C)OC(=O)c1nc(I)sc1-c1ccc(F)cc1. The van der Waals surface area contributed by atoms with Gasteiger partial charge in [-0.1, -0.05) is 12.1 Å². The quantitative estimate of drug-likeness (QED) is 0.584. The van der Waals surface area contributed by atoms with Crippen molar-refractivity contribution < 1.29 is 13.9 Å². The number of hydrogen-bond acceptors (Lipinski definition) is 4. The fraction of sp³-hybridized carbons (Fsp3) is 0.231. The Morgan fingerprint density at radius 3 is 2.58 bits per heavy atom. The summed E-state index contributed by atoms with van der Waals surface area (Å²) in [5, 5.41) is 0. The van der Waals surface area contributed by atoms with Crippen molar-refractivity contribution in [1.29, 1.82) is 0 Å². The van der Waals surface area contributed by atoms with Crippen LogP contribution in [0.2, 0.25) is 0 Å². The van der Waals surface area contributed by atoms with Crippen molar-refractivity contribution in [3.63, 3.8) is 0 Å². The molecule has 0 unspecified atom stereocenters. The summed E-state index contributed by atoms with van der Waals surface area (Å²) in [5.74, 6) is -0.761. The summed E-state index contributed by atoms with van der Waals surface area (Å²) in [6.07, 6.45) is -0.201. The van der Waals surface area contributed by atoms with Gasteiger partial charge in [0.25, 0.3) is 0 Å². The van der Waals surface area contributed by atoms with Gasteiger partial charge in [0.1, 0.15) is 5.82 Å². The first-order chi connectivity index (χ1) is 8.97. The lowest BCUT2D eigenvalue weighted by molar-refractivity contribution is 0.0372. The van der Waals surface area contributed by atoms with E-state index in [4.69, 9.17) is 4.74 Å². The van der Waals surface area contributed by atoms with Gasteiger partial charge < -0.3 is 4.74 Å². The predicted octanol–water partition coefficient (Wildman–Crippen LogP) is 4.12. The Morgan fingerprint density at radius 2 is 2.00 bits per heavy atom. The molecule has 0 fully saturated rings. The third-order valence-electron chi connectivity index (χ3n) is 2.24. The maximum absolute atomic E-state index is 12.9. The first-order valence-corrected chi connectivity index (χ1v) is 7.50. The van der Waals surface area contributed by atoms with Crippen LogP contribution in [-0.2, 0) is 4.74 Å². The summed E-state index contributed by atoms with van der Waals surface area (Å²) in [6, 6.07) is 5.98. The van der Waals surface area contributed by atoms with Crippen molar-refractivity contribution in [2.75, 3.05) is 0 Å². The standard InChI is InChI=1S/C13H11FINO2S/c1-7(2)18-12(17)10-11(19-13(15)16-10)8-3-5-9(14)6-4-8/h3-7H,1-2H3. The molecule has 2 aromatic rings. The molecular formula is C13H11FINO2S. The molecule has 1 aromatic heterocycles. The van der Waals surface area contributed by atoms with Crippen LogP contribution in [0.3, 0.4) is 0 Å². The van der Waals surface area contributed by atoms with Gasteiger partial charge in [-0.3, -0.25) is 0 Å². The second-order valence-corrected chi connectivity index (χ2v) is 6.86. The number of aromatic nitrogens is 1. The fourth-order valence-corrected chi connectivity index (χ4v) is 3.19. The summed E-state index contributed by atoms with van der Waals surface area (Å²) in [7, 11) is 0. The number of nitrogens with zero attached hydrogens (tertiary/aromatic N) is 1. The maximum atomic E-state index is 12.9. The second kappa shape index (κ2) is 5.96. The molecule has 6 heteroatoms. The predicted molar refractivity (Wildman–Crippen MR) is 80.8 cm³/mol. The van der Waals surface area contributed by atoms with E-state index in [1.165, 1.54) is 23.5 Å². The van der Waals surface area contributed by atoms with E-state index < -0.39 is 5.97 Å². The minimum absolute atomic E-state index is 0.201. The number of rotatable bonds is 3. The van der Waals surface area contributed by atoms with Crippen LogP contribution in [0.4, 0.5) is 4.39 Å². The van der Waals surface area contributed by atoms with Gasteiger partial charge >= 0.3 is 5.97 Å². The lowest BCUT2D eigenvalue weighted by Crippen LogP contribution is -2.12. The Morgan fingerprint density at radius 1 is 1.37 bits per heavy atom. The van der Waals surface area contributed by atoms with E-state index in [0.717, 1.165) is 8.58 Å². The van der Waals surface area contributed by atoms with E-state index in [-0.39, 0.29) is 17.6 Å². The first-order valence-electron chi connectivity index (χ1n) is 5.60. The molecule has 0 N–H and O–H groups in total. The molecule has 0 aliphatic carbocycles. The van der Waals surface area contributed by atoms with Gasteiger partial charge in [-0.25, -0.2) is 14.2 Å². The molecular weight excluding hydrogens is 380 g/mol. The van der Waals surface area contributed by atoms with Gasteiger partial charge in [0.05, 0.1) is 11.0 Å². The van der Waals surface area contributed by atoms with Crippen molar-refractivity contribution in [3.8, 4) is 10.4 Å². The van der Waals surface area contributed by atoms with E-state index in [2.05, 4.69) is 27.6 Å². The minimum Gasteiger partial charge on any atom is -0.458 e. The van der Waals surface area contributed by atoms with Gasteiger partial charge in [0.2, 0.25) is 0 Å². The van der Waals surface area contributed by atoms with Gasteiger partial charge in [0, 0.05) is 0 Å². The maximum Gasteiger partial charge on any atom is 0.358 e. The highest BCUT2D eigenvalue weighted by Crippen LogP contribution is 2.31. The number of hydrogen-bond donors (Lipinski definition) is 0. The largest absolute Gasteiger partial charge is 0.458 e. The normalized spacial score (nSPS) is 10.8.